The molecule has 2 unspecified atom stereocenters. The molecular formula is C19H26F3N3O4S. The summed E-state index contributed by atoms with van der Waals surface area (Å²) in [6.45, 7) is 4.65. The summed E-state index contributed by atoms with van der Waals surface area (Å²) in [7, 11) is 0. The number of carbonyl (C=O) groups is 1. The van der Waals surface area contributed by atoms with Crippen LogP contribution in [0.3, 0.4) is 0 Å². The minimum atomic E-state index is -2.52. The van der Waals surface area contributed by atoms with Crippen molar-refractivity contribution in [3.8, 4) is 11.5 Å². The lowest BCUT2D eigenvalue weighted by Crippen LogP contribution is -2.38. The molecule has 3 aliphatic rings. The van der Waals surface area contributed by atoms with Gasteiger partial charge in [0.05, 0.1) is 0 Å². The Bertz CT molecular complexity index is 832. The van der Waals surface area contributed by atoms with E-state index in [1.54, 1.807) is 0 Å². The molecule has 1 saturated carbocycles. The maximum Gasteiger partial charge on any atom is 0.253 e. The van der Waals surface area contributed by atoms with Gasteiger partial charge in [0, 0.05) is 37.4 Å². The first-order chi connectivity index (χ1) is 14.2. The monoisotopic (exact) mass is 449 g/mol. The van der Waals surface area contributed by atoms with E-state index in [2.05, 4.69) is 10.0 Å². The Balaban J connectivity index is 0.00000124. The predicted octanol–water partition coefficient (Wildman–Crippen LogP) is 2.40. The van der Waals surface area contributed by atoms with E-state index in [1.165, 1.54) is 6.07 Å². The molecule has 2 aliphatic heterocycles. The molecular weight excluding hydrogens is 423 g/mol. The summed E-state index contributed by atoms with van der Waals surface area (Å²) in [6.07, 6.45) is 0.387. The summed E-state index contributed by atoms with van der Waals surface area (Å²) >= 11 is -1.95. The molecule has 2 fully saturated rings. The molecule has 1 aromatic rings. The van der Waals surface area contributed by atoms with Crippen molar-refractivity contribution < 1.29 is 32.0 Å². The highest BCUT2D eigenvalue weighted by Crippen LogP contribution is 2.44. The van der Waals surface area contributed by atoms with Crippen LogP contribution in [-0.4, -0.2) is 46.9 Å². The zero-order chi connectivity index (χ0) is 22.1. The number of nitrogens with one attached hydrogen (secondary N) is 2. The number of anilines is 1. The summed E-state index contributed by atoms with van der Waals surface area (Å²) in [4.78, 5) is 11.4. The van der Waals surface area contributed by atoms with Gasteiger partial charge in [-0.25, -0.2) is 17.4 Å². The van der Waals surface area contributed by atoms with Crippen molar-refractivity contribution in [3.63, 3.8) is 0 Å². The Kier molecular flexibility index (Phi) is 6.81. The second kappa shape index (κ2) is 9.01. The van der Waals surface area contributed by atoms with Crippen LogP contribution in [0.2, 0.25) is 0 Å². The van der Waals surface area contributed by atoms with Gasteiger partial charge in [0.1, 0.15) is 29.8 Å². The van der Waals surface area contributed by atoms with Gasteiger partial charge in [0.15, 0.2) is 5.82 Å². The summed E-state index contributed by atoms with van der Waals surface area (Å²) in [5.74, 6) is -4.04. The van der Waals surface area contributed by atoms with Gasteiger partial charge < -0.3 is 15.2 Å². The Morgan fingerprint density at radius 2 is 2.10 bits per heavy atom. The minimum absolute atomic E-state index is 0.0267. The van der Waals surface area contributed by atoms with Gasteiger partial charge in [0.2, 0.25) is 17.1 Å². The first kappa shape index (κ1) is 22.7. The molecule has 168 valence electrons. The van der Waals surface area contributed by atoms with Crippen molar-refractivity contribution in [1.29, 1.82) is 0 Å². The average molecular weight is 449 g/mol. The van der Waals surface area contributed by atoms with Gasteiger partial charge in [-0.3, -0.25) is 13.8 Å². The molecule has 0 radical (unpaired) electrons. The number of hydrogen-bond donors (Lipinski definition) is 3. The molecule has 2 heterocycles. The molecule has 7 nitrogen and oxygen atoms in total. The fraction of sp³-hybridized carbons (Fsp3) is 0.632. The van der Waals surface area contributed by atoms with E-state index in [1.807, 2.05) is 13.8 Å². The summed E-state index contributed by atoms with van der Waals surface area (Å²) in [5, 5.41) is 13.3. The van der Waals surface area contributed by atoms with E-state index >= 15 is 0 Å². The number of nitrogens with zero attached hydrogens (tertiary/aromatic N) is 1. The van der Waals surface area contributed by atoms with Gasteiger partial charge in [-0.15, -0.1) is 0 Å². The molecule has 11 heteroatoms. The zero-order valence-corrected chi connectivity index (χ0v) is 17.7. The van der Waals surface area contributed by atoms with Crippen LogP contribution < -0.4 is 19.1 Å². The van der Waals surface area contributed by atoms with E-state index in [0.29, 0.717) is 19.5 Å². The Hall–Kier alpha value is -2.01. The van der Waals surface area contributed by atoms with E-state index in [-0.39, 0.29) is 54.8 Å². The smallest absolute Gasteiger partial charge is 0.253 e. The molecule has 1 amide bonds. The largest absolute Gasteiger partial charge is 0.505 e. The minimum Gasteiger partial charge on any atom is -0.505 e. The van der Waals surface area contributed by atoms with Crippen molar-refractivity contribution in [3.05, 3.63) is 17.4 Å². The predicted molar refractivity (Wildman–Crippen MR) is 106 cm³/mol. The third kappa shape index (κ3) is 4.66. The lowest BCUT2D eigenvalue weighted by molar-refractivity contribution is -0.117. The van der Waals surface area contributed by atoms with Crippen LogP contribution in [0.15, 0.2) is 6.07 Å². The van der Waals surface area contributed by atoms with Crippen molar-refractivity contribution in [2.75, 3.05) is 23.9 Å². The number of halogens is 3. The number of ether oxygens (including phenoxy) is 1. The van der Waals surface area contributed by atoms with Crippen molar-refractivity contribution in [2.45, 2.75) is 51.6 Å². The number of alkyl halides is 2. The highest BCUT2D eigenvalue weighted by Gasteiger charge is 2.44. The number of benzene rings is 1. The van der Waals surface area contributed by atoms with Crippen LogP contribution in [0.5, 0.6) is 11.5 Å². The maximum absolute atomic E-state index is 14.9. The normalized spacial score (nSPS) is 24.4. The van der Waals surface area contributed by atoms with Crippen LogP contribution in [-0.2, 0) is 22.4 Å². The van der Waals surface area contributed by atoms with Gasteiger partial charge in [-0.2, -0.15) is 0 Å². The summed E-state index contributed by atoms with van der Waals surface area (Å²) < 4.78 is 61.2. The first-order valence-corrected chi connectivity index (χ1v) is 11.1. The molecule has 1 aliphatic carbocycles. The zero-order valence-electron chi connectivity index (χ0n) is 16.8. The third-order valence-corrected chi connectivity index (χ3v) is 6.33. The quantitative estimate of drug-likeness (QED) is 0.581. The van der Waals surface area contributed by atoms with E-state index < -0.39 is 34.6 Å². The van der Waals surface area contributed by atoms with Crippen LogP contribution in [0.1, 0.15) is 38.7 Å². The maximum atomic E-state index is 14.9. The third-order valence-electron chi connectivity index (χ3n) is 5.22. The number of phenolic OH excluding ortho intramolecular Hbond substituents is 1. The lowest BCUT2D eigenvalue weighted by Gasteiger charge is -2.35. The molecule has 0 aromatic heterocycles. The van der Waals surface area contributed by atoms with Crippen LogP contribution >= 0.6 is 0 Å². The highest BCUT2D eigenvalue weighted by molar-refractivity contribution is 7.85. The second-order valence-corrected chi connectivity index (χ2v) is 8.56. The van der Waals surface area contributed by atoms with E-state index in [9.17, 15) is 27.3 Å². The van der Waals surface area contributed by atoms with Crippen molar-refractivity contribution in [2.24, 2.45) is 5.92 Å². The molecule has 2 atom stereocenters. The molecule has 4 rings (SSSR count). The molecule has 1 saturated heterocycles. The van der Waals surface area contributed by atoms with Crippen LogP contribution in [0.4, 0.5) is 18.9 Å². The number of fused-ring (bicyclic) bond motifs is 1. The topological polar surface area (TPSA) is 90.9 Å². The number of rotatable bonds is 6. The van der Waals surface area contributed by atoms with E-state index in [4.69, 9.17) is 4.74 Å². The Morgan fingerprint density at radius 1 is 1.40 bits per heavy atom. The number of amides is 1. The summed E-state index contributed by atoms with van der Waals surface area (Å²) in [6, 6.07) is 1.25. The van der Waals surface area contributed by atoms with Gasteiger partial charge in [-0.05, 0) is 18.9 Å². The molecule has 0 bridgehead atoms. The summed E-state index contributed by atoms with van der Waals surface area (Å²) in [5.41, 5.74) is -0.0480. The SMILES string of the molecule is CC.O=C1CN(c2c(O)cc3c(c2F)CC(CNCCC2CC(F)(F)C2)O3)S(=O)N1. The fourth-order valence-electron chi connectivity index (χ4n) is 3.83. The lowest BCUT2D eigenvalue weighted by atomic mass is 9.79. The van der Waals surface area contributed by atoms with Gasteiger partial charge in [0.25, 0.3) is 5.91 Å². The van der Waals surface area contributed by atoms with Crippen LogP contribution in [0.25, 0.3) is 0 Å². The number of aromatic hydroxyl groups is 1. The number of carbonyl (C=O) groups excluding carboxylic acids is 1. The van der Waals surface area contributed by atoms with Crippen molar-refractivity contribution in [1.82, 2.24) is 10.0 Å². The highest BCUT2D eigenvalue weighted by atomic mass is 32.2. The van der Waals surface area contributed by atoms with E-state index in [0.717, 1.165) is 4.31 Å². The number of phenols is 1. The molecule has 0 spiro atoms. The first-order valence-electron chi connectivity index (χ1n) is 10.0. The van der Waals surface area contributed by atoms with Crippen molar-refractivity contribution >= 4 is 22.8 Å². The average Bonchev–Trinajstić information content (AvgIpc) is 3.21. The Labute approximate surface area is 175 Å². The standard InChI is InChI=1S/C17H20F3N3O4S.C2H6/c18-15-11-3-10(7-21-2-1-9-5-17(19,20)6-9)27-13(11)4-12(24)16(15)23-8-14(25)22-28(23)26;1-2/h4,9-10,21,24H,1-3,5-8H2,(H,22,25);1-2H3. The molecule has 30 heavy (non-hydrogen) atoms. The van der Waals surface area contributed by atoms with Gasteiger partial charge >= 0.3 is 0 Å². The van der Waals surface area contributed by atoms with Gasteiger partial charge in [-0.1, -0.05) is 13.8 Å². The number of hydrogen-bond acceptors (Lipinski definition) is 5. The Morgan fingerprint density at radius 3 is 2.70 bits per heavy atom. The second-order valence-electron chi connectivity index (χ2n) is 7.41. The fourth-order valence-corrected chi connectivity index (χ4v) is 4.78. The van der Waals surface area contributed by atoms with Crippen LogP contribution in [0, 0.1) is 11.7 Å². The molecule has 1 aromatic carbocycles. The molecule has 3 N–H and O–H groups in total.